The molecule has 7 heteroatoms. The first kappa shape index (κ1) is 14.6. The van der Waals surface area contributed by atoms with E-state index in [-0.39, 0.29) is 0 Å². The van der Waals surface area contributed by atoms with Crippen molar-refractivity contribution in [3.63, 3.8) is 0 Å². The number of ether oxygens (including phenoxy) is 2. The fraction of sp³-hybridized carbons (Fsp3) is 0.533. The van der Waals surface area contributed by atoms with Crippen LogP contribution in [0.15, 0.2) is 12.1 Å². The Morgan fingerprint density at radius 2 is 1.77 bits per heavy atom. The SMILES string of the molecule is COc1cc(OC)nc(N2CC[C@H](n3nc(C)cc3C)C2)n1. The molecule has 0 amide bonds. The largest absolute Gasteiger partial charge is 0.481 e. The van der Waals surface area contributed by atoms with Crippen molar-refractivity contribution in [3.05, 3.63) is 23.5 Å². The van der Waals surface area contributed by atoms with E-state index in [1.54, 1.807) is 20.3 Å². The zero-order valence-corrected chi connectivity index (χ0v) is 13.4. The number of hydrogen-bond acceptors (Lipinski definition) is 6. The molecule has 118 valence electrons. The van der Waals surface area contributed by atoms with Crippen molar-refractivity contribution in [2.45, 2.75) is 26.3 Å². The molecule has 0 aromatic carbocycles. The molecule has 0 bridgehead atoms. The minimum Gasteiger partial charge on any atom is -0.481 e. The average molecular weight is 303 g/mol. The molecule has 2 aromatic heterocycles. The fourth-order valence-electron chi connectivity index (χ4n) is 2.88. The zero-order chi connectivity index (χ0) is 15.7. The van der Waals surface area contributed by atoms with Crippen LogP contribution in [0.25, 0.3) is 0 Å². The van der Waals surface area contributed by atoms with Crippen LogP contribution in [0.4, 0.5) is 5.95 Å². The lowest BCUT2D eigenvalue weighted by atomic mass is 10.2. The van der Waals surface area contributed by atoms with Gasteiger partial charge in [-0.1, -0.05) is 0 Å². The summed E-state index contributed by atoms with van der Waals surface area (Å²) in [5, 5.41) is 4.59. The number of anilines is 1. The van der Waals surface area contributed by atoms with E-state index in [1.165, 1.54) is 5.69 Å². The number of aryl methyl sites for hydroxylation is 2. The minimum absolute atomic E-state index is 0.342. The monoisotopic (exact) mass is 303 g/mol. The van der Waals surface area contributed by atoms with Crippen molar-refractivity contribution in [2.24, 2.45) is 0 Å². The van der Waals surface area contributed by atoms with Gasteiger partial charge in [0, 0.05) is 18.8 Å². The Balaban J connectivity index is 1.82. The standard InChI is InChI=1S/C15H21N5O2/c1-10-7-11(2)20(18-10)12-5-6-19(9-12)15-16-13(21-3)8-14(17-15)22-4/h7-8,12H,5-6,9H2,1-4H3/t12-/m0/s1. The molecule has 3 rings (SSSR count). The van der Waals surface area contributed by atoms with Gasteiger partial charge in [0.2, 0.25) is 17.7 Å². The van der Waals surface area contributed by atoms with Gasteiger partial charge in [0.1, 0.15) is 0 Å². The molecule has 7 nitrogen and oxygen atoms in total. The molecular formula is C15H21N5O2. The Kier molecular flexibility index (Phi) is 3.87. The van der Waals surface area contributed by atoms with Crippen LogP contribution in [0.1, 0.15) is 23.9 Å². The lowest BCUT2D eigenvalue weighted by molar-refractivity contribution is 0.371. The highest BCUT2D eigenvalue weighted by molar-refractivity contribution is 5.38. The van der Waals surface area contributed by atoms with Gasteiger partial charge in [-0.3, -0.25) is 4.68 Å². The summed E-state index contributed by atoms with van der Waals surface area (Å²) in [5.74, 6) is 1.66. The Morgan fingerprint density at radius 1 is 1.09 bits per heavy atom. The Hall–Kier alpha value is -2.31. The van der Waals surface area contributed by atoms with Crippen molar-refractivity contribution in [1.82, 2.24) is 19.7 Å². The van der Waals surface area contributed by atoms with Crippen LogP contribution in [0, 0.1) is 13.8 Å². The molecule has 0 saturated carbocycles. The van der Waals surface area contributed by atoms with Gasteiger partial charge in [-0.25, -0.2) is 0 Å². The highest BCUT2D eigenvalue weighted by Crippen LogP contribution is 2.28. The van der Waals surface area contributed by atoms with Crippen molar-refractivity contribution in [1.29, 1.82) is 0 Å². The lowest BCUT2D eigenvalue weighted by Gasteiger charge is -2.18. The summed E-state index contributed by atoms with van der Waals surface area (Å²) in [4.78, 5) is 11.0. The number of methoxy groups -OCH3 is 2. The first-order valence-corrected chi connectivity index (χ1v) is 7.35. The maximum atomic E-state index is 5.22. The molecule has 1 fully saturated rings. The second kappa shape index (κ2) is 5.82. The van der Waals surface area contributed by atoms with Gasteiger partial charge >= 0.3 is 0 Å². The molecule has 1 saturated heterocycles. The first-order valence-electron chi connectivity index (χ1n) is 7.35. The third-order valence-corrected chi connectivity index (χ3v) is 3.92. The summed E-state index contributed by atoms with van der Waals surface area (Å²) in [6.45, 7) is 5.83. The van der Waals surface area contributed by atoms with Gasteiger partial charge < -0.3 is 14.4 Å². The summed E-state index contributed by atoms with van der Waals surface area (Å²) >= 11 is 0. The number of hydrogen-bond donors (Lipinski definition) is 0. The molecular weight excluding hydrogens is 282 g/mol. The quantitative estimate of drug-likeness (QED) is 0.857. The van der Waals surface area contributed by atoms with Gasteiger partial charge in [0.25, 0.3) is 0 Å². The first-order chi connectivity index (χ1) is 10.6. The van der Waals surface area contributed by atoms with Gasteiger partial charge in [0.05, 0.1) is 32.0 Å². The van der Waals surface area contributed by atoms with Crippen molar-refractivity contribution in [3.8, 4) is 11.8 Å². The van der Waals surface area contributed by atoms with Crippen LogP contribution in [0.5, 0.6) is 11.8 Å². The second-order valence-electron chi connectivity index (χ2n) is 5.51. The summed E-state index contributed by atoms with van der Waals surface area (Å²) in [6, 6.07) is 4.13. The molecule has 0 spiro atoms. The van der Waals surface area contributed by atoms with E-state index in [2.05, 4.69) is 37.6 Å². The molecule has 3 heterocycles. The summed E-state index contributed by atoms with van der Waals surface area (Å²) in [6.07, 6.45) is 1.02. The molecule has 0 N–H and O–H groups in total. The highest BCUT2D eigenvalue weighted by Gasteiger charge is 2.28. The highest BCUT2D eigenvalue weighted by atomic mass is 16.5. The fourth-order valence-corrected chi connectivity index (χ4v) is 2.88. The van der Waals surface area contributed by atoms with Crippen LogP contribution in [-0.2, 0) is 0 Å². The predicted molar refractivity (Wildman–Crippen MR) is 82.7 cm³/mol. The van der Waals surface area contributed by atoms with E-state index in [0.717, 1.165) is 25.2 Å². The number of aromatic nitrogens is 4. The minimum atomic E-state index is 0.342. The number of nitrogens with zero attached hydrogens (tertiary/aromatic N) is 5. The normalized spacial score (nSPS) is 17.8. The van der Waals surface area contributed by atoms with Crippen LogP contribution in [-0.4, -0.2) is 47.1 Å². The van der Waals surface area contributed by atoms with E-state index < -0.39 is 0 Å². The molecule has 1 atom stereocenters. The summed E-state index contributed by atoms with van der Waals surface area (Å²) in [5.41, 5.74) is 2.24. The third kappa shape index (κ3) is 2.70. The van der Waals surface area contributed by atoms with E-state index in [4.69, 9.17) is 9.47 Å². The molecule has 0 aliphatic carbocycles. The van der Waals surface area contributed by atoms with Gasteiger partial charge in [0.15, 0.2) is 0 Å². The topological polar surface area (TPSA) is 65.3 Å². The molecule has 22 heavy (non-hydrogen) atoms. The maximum Gasteiger partial charge on any atom is 0.232 e. The molecule has 1 aliphatic rings. The summed E-state index contributed by atoms with van der Waals surface area (Å²) in [7, 11) is 3.18. The molecule has 2 aromatic rings. The lowest BCUT2D eigenvalue weighted by Crippen LogP contribution is -2.24. The van der Waals surface area contributed by atoms with Crippen LogP contribution < -0.4 is 14.4 Å². The van der Waals surface area contributed by atoms with Gasteiger partial charge in [-0.05, 0) is 26.3 Å². The van der Waals surface area contributed by atoms with Crippen LogP contribution in [0.2, 0.25) is 0 Å². The van der Waals surface area contributed by atoms with Crippen molar-refractivity contribution < 1.29 is 9.47 Å². The smallest absolute Gasteiger partial charge is 0.232 e. The van der Waals surface area contributed by atoms with Gasteiger partial charge in [-0.2, -0.15) is 15.1 Å². The average Bonchev–Trinajstić information content (AvgIpc) is 3.13. The third-order valence-electron chi connectivity index (χ3n) is 3.92. The van der Waals surface area contributed by atoms with E-state index in [0.29, 0.717) is 23.8 Å². The Bertz CT molecular complexity index is 648. The molecule has 0 unspecified atom stereocenters. The predicted octanol–water partition coefficient (Wildman–Crippen LogP) is 1.76. The Labute approximate surface area is 129 Å². The van der Waals surface area contributed by atoms with Gasteiger partial charge in [-0.15, -0.1) is 0 Å². The second-order valence-corrected chi connectivity index (χ2v) is 5.51. The molecule has 1 aliphatic heterocycles. The maximum absolute atomic E-state index is 5.22. The zero-order valence-electron chi connectivity index (χ0n) is 13.4. The van der Waals surface area contributed by atoms with Crippen molar-refractivity contribution in [2.75, 3.05) is 32.2 Å². The summed E-state index contributed by atoms with van der Waals surface area (Å²) < 4.78 is 12.5. The van der Waals surface area contributed by atoms with E-state index in [1.807, 2.05) is 6.92 Å². The van der Waals surface area contributed by atoms with E-state index >= 15 is 0 Å². The van der Waals surface area contributed by atoms with Crippen LogP contribution in [0.3, 0.4) is 0 Å². The van der Waals surface area contributed by atoms with Crippen molar-refractivity contribution >= 4 is 5.95 Å². The Morgan fingerprint density at radius 3 is 2.32 bits per heavy atom. The molecule has 0 radical (unpaired) electrons. The van der Waals surface area contributed by atoms with E-state index in [9.17, 15) is 0 Å². The number of rotatable bonds is 4. The van der Waals surface area contributed by atoms with Crippen LogP contribution >= 0.6 is 0 Å².